The minimum Gasteiger partial charge on any atom is -0.497 e. The number of allylic oxidation sites excluding steroid dienone is 1. The Kier molecular flexibility index (Phi) is 4.76. The highest BCUT2D eigenvalue weighted by Crippen LogP contribution is 2.24. The van der Waals surface area contributed by atoms with E-state index in [-0.39, 0.29) is 0 Å². The van der Waals surface area contributed by atoms with E-state index in [0.29, 0.717) is 5.92 Å². The van der Waals surface area contributed by atoms with Crippen molar-refractivity contribution in [3.63, 3.8) is 0 Å². The third-order valence-electron chi connectivity index (χ3n) is 2.39. The van der Waals surface area contributed by atoms with Crippen LogP contribution in [-0.4, -0.2) is 18.2 Å². The predicted octanol–water partition coefficient (Wildman–Crippen LogP) is 3.21. The van der Waals surface area contributed by atoms with Gasteiger partial charge in [-0.05, 0) is 35.6 Å². The van der Waals surface area contributed by atoms with Crippen molar-refractivity contribution in [2.45, 2.75) is 20.3 Å². The fourth-order valence-electron chi connectivity index (χ4n) is 1.65. The molecule has 0 spiro atoms. The second-order valence-corrected chi connectivity index (χ2v) is 4.33. The molecule has 1 N–H and O–H groups in total. The van der Waals surface area contributed by atoms with Crippen molar-refractivity contribution in [3.8, 4) is 5.75 Å². The van der Waals surface area contributed by atoms with Gasteiger partial charge in [0, 0.05) is 6.08 Å². The third kappa shape index (κ3) is 4.31. The van der Waals surface area contributed by atoms with Crippen molar-refractivity contribution < 1.29 is 14.6 Å². The minimum absolute atomic E-state index is 0.419. The van der Waals surface area contributed by atoms with Crippen LogP contribution in [0.5, 0.6) is 5.75 Å². The maximum absolute atomic E-state index is 10.8. The summed E-state index contributed by atoms with van der Waals surface area (Å²) in [6.45, 7) is 4.14. The highest BCUT2D eigenvalue weighted by Gasteiger charge is 2.07. The summed E-state index contributed by atoms with van der Waals surface area (Å²) < 4.78 is 5.08. The molecule has 0 aliphatic heterocycles. The number of carboxylic acid groups (broad SMARTS) is 1. The van der Waals surface area contributed by atoms with Gasteiger partial charge in [-0.2, -0.15) is 0 Å². The summed E-state index contributed by atoms with van der Waals surface area (Å²) in [7, 11) is 1.61. The lowest BCUT2D eigenvalue weighted by atomic mass is 9.96. The molecule has 1 aromatic rings. The Morgan fingerprint density at radius 3 is 2.35 bits per heavy atom. The fraction of sp³-hybridized carbons (Fsp3) is 0.357. The SMILES string of the molecule is COc1ccc(/C(=C/C(=O)O)CC(C)C)cc1. The maximum atomic E-state index is 10.8. The molecule has 0 aromatic heterocycles. The van der Waals surface area contributed by atoms with Crippen LogP contribution in [0.15, 0.2) is 30.3 Å². The van der Waals surface area contributed by atoms with Gasteiger partial charge in [-0.1, -0.05) is 26.0 Å². The molecule has 0 amide bonds. The smallest absolute Gasteiger partial charge is 0.328 e. The van der Waals surface area contributed by atoms with Crippen LogP contribution in [0.3, 0.4) is 0 Å². The van der Waals surface area contributed by atoms with Crippen LogP contribution < -0.4 is 4.74 Å². The summed E-state index contributed by atoms with van der Waals surface area (Å²) in [6, 6.07) is 7.45. The first-order valence-corrected chi connectivity index (χ1v) is 5.61. The van der Waals surface area contributed by atoms with Crippen LogP contribution in [0.25, 0.3) is 5.57 Å². The largest absolute Gasteiger partial charge is 0.497 e. The molecule has 3 heteroatoms. The molecular weight excluding hydrogens is 216 g/mol. The zero-order valence-corrected chi connectivity index (χ0v) is 10.4. The Balaban J connectivity index is 3.00. The number of ether oxygens (including phenoxy) is 1. The van der Waals surface area contributed by atoms with Gasteiger partial charge in [-0.25, -0.2) is 4.79 Å². The Morgan fingerprint density at radius 2 is 1.94 bits per heavy atom. The zero-order valence-electron chi connectivity index (χ0n) is 10.4. The van der Waals surface area contributed by atoms with E-state index in [0.717, 1.165) is 23.3 Å². The van der Waals surface area contributed by atoms with E-state index in [1.807, 2.05) is 24.3 Å². The van der Waals surface area contributed by atoms with Gasteiger partial charge < -0.3 is 9.84 Å². The van der Waals surface area contributed by atoms with Gasteiger partial charge in [-0.15, -0.1) is 0 Å². The molecule has 0 fully saturated rings. The van der Waals surface area contributed by atoms with Crippen LogP contribution in [0, 0.1) is 5.92 Å². The molecule has 1 rings (SSSR count). The van der Waals surface area contributed by atoms with Crippen molar-refractivity contribution >= 4 is 11.5 Å². The number of carboxylic acids is 1. The van der Waals surface area contributed by atoms with Crippen LogP contribution >= 0.6 is 0 Å². The van der Waals surface area contributed by atoms with Crippen LogP contribution in [0.1, 0.15) is 25.8 Å². The average molecular weight is 234 g/mol. The maximum Gasteiger partial charge on any atom is 0.328 e. The van der Waals surface area contributed by atoms with E-state index in [1.165, 1.54) is 6.08 Å². The lowest BCUT2D eigenvalue weighted by Gasteiger charge is -2.10. The quantitative estimate of drug-likeness (QED) is 0.796. The average Bonchev–Trinajstić information content (AvgIpc) is 2.27. The number of rotatable bonds is 5. The highest BCUT2D eigenvalue weighted by atomic mass is 16.5. The highest BCUT2D eigenvalue weighted by molar-refractivity contribution is 5.90. The molecule has 0 saturated heterocycles. The van der Waals surface area contributed by atoms with Crippen molar-refractivity contribution in [3.05, 3.63) is 35.9 Å². The summed E-state index contributed by atoms with van der Waals surface area (Å²) in [4.78, 5) is 10.8. The number of aliphatic carboxylic acids is 1. The van der Waals surface area contributed by atoms with Gasteiger partial charge in [0.1, 0.15) is 5.75 Å². The van der Waals surface area contributed by atoms with E-state index in [9.17, 15) is 4.79 Å². The van der Waals surface area contributed by atoms with Gasteiger partial charge in [0.15, 0.2) is 0 Å². The zero-order chi connectivity index (χ0) is 12.8. The molecule has 0 aliphatic carbocycles. The van der Waals surface area contributed by atoms with E-state index in [1.54, 1.807) is 7.11 Å². The Labute approximate surface area is 102 Å². The molecular formula is C14H18O3. The molecule has 1 aromatic carbocycles. The lowest BCUT2D eigenvalue weighted by Crippen LogP contribution is -1.97. The van der Waals surface area contributed by atoms with E-state index >= 15 is 0 Å². The number of hydrogen-bond donors (Lipinski definition) is 1. The van der Waals surface area contributed by atoms with Crippen LogP contribution in [0.2, 0.25) is 0 Å². The summed E-state index contributed by atoms with van der Waals surface area (Å²) in [6.07, 6.45) is 2.03. The summed E-state index contributed by atoms with van der Waals surface area (Å²) in [5, 5.41) is 8.86. The Bertz CT molecular complexity index is 402. The predicted molar refractivity (Wildman–Crippen MR) is 68.1 cm³/mol. The number of methoxy groups -OCH3 is 1. The van der Waals surface area contributed by atoms with Gasteiger partial charge in [-0.3, -0.25) is 0 Å². The standard InChI is InChI=1S/C14H18O3/c1-10(2)8-12(9-14(15)16)11-4-6-13(17-3)7-5-11/h4-7,9-10H,8H2,1-3H3,(H,15,16)/b12-9+. The number of hydrogen-bond acceptors (Lipinski definition) is 2. The summed E-state index contributed by atoms with van der Waals surface area (Å²) >= 11 is 0. The molecule has 0 unspecified atom stereocenters. The van der Waals surface area contributed by atoms with E-state index < -0.39 is 5.97 Å². The summed E-state index contributed by atoms with van der Waals surface area (Å²) in [5.74, 6) is 0.284. The molecule has 0 bridgehead atoms. The topological polar surface area (TPSA) is 46.5 Å². The third-order valence-corrected chi connectivity index (χ3v) is 2.39. The Hall–Kier alpha value is -1.77. The minimum atomic E-state index is -0.906. The number of benzene rings is 1. The second kappa shape index (κ2) is 6.09. The molecule has 3 nitrogen and oxygen atoms in total. The molecule has 0 atom stereocenters. The van der Waals surface area contributed by atoms with Crippen molar-refractivity contribution in [1.82, 2.24) is 0 Å². The molecule has 0 aliphatic rings. The van der Waals surface area contributed by atoms with Gasteiger partial charge in [0.05, 0.1) is 7.11 Å². The van der Waals surface area contributed by atoms with Gasteiger partial charge in [0.2, 0.25) is 0 Å². The van der Waals surface area contributed by atoms with E-state index in [2.05, 4.69) is 13.8 Å². The van der Waals surface area contributed by atoms with Crippen LogP contribution in [-0.2, 0) is 4.79 Å². The molecule has 92 valence electrons. The molecule has 17 heavy (non-hydrogen) atoms. The van der Waals surface area contributed by atoms with Crippen molar-refractivity contribution in [1.29, 1.82) is 0 Å². The van der Waals surface area contributed by atoms with Crippen molar-refractivity contribution in [2.75, 3.05) is 7.11 Å². The Morgan fingerprint density at radius 1 is 1.35 bits per heavy atom. The first-order chi connectivity index (χ1) is 8.02. The fourth-order valence-corrected chi connectivity index (χ4v) is 1.65. The summed E-state index contributed by atoms with van der Waals surface area (Å²) in [5.41, 5.74) is 1.78. The second-order valence-electron chi connectivity index (χ2n) is 4.33. The first-order valence-electron chi connectivity index (χ1n) is 5.61. The van der Waals surface area contributed by atoms with Crippen molar-refractivity contribution in [2.24, 2.45) is 5.92 Å². The molecule has 0 saturated carbocycles. The molecule has 0 radical (unpaired) electrons. The van der Waals surface area contributed by atoms with Crippen LogP contribution in [0.4, 0.5) is 0 Å². The van der Waals surface area contributed by atoms with E-state index in [4.69, 9.17) is 9.84 Å². The first kappa shape index (κ1) is 13.3. The van der Waals surface area contributed by atoms with Gasteiger partial charge in [0.25, 0.3) is 0 Å². The van der Waals surface area contributed by atoms with Gasteiger partial charge >= 0.3 is 5.97 Å². The molecule has 0 heterocycles. The lowest BCUT2D eigenvalue weighted by molar-refractivity contribution is -0.131. The normalized spacial score (nSPS) is 11.6. The number of carbonyl (C=O) groups is 1. The monoisotopic (exact) mass is 234 g/mol.